The van der Waals surface area contributed by atoms with Gasteiger partial charge in [0.15, 0.2) is 0 Å². The summed E-state index contributed by atoms with van der Waals surface area (Å²) in [7, 11) is 0. The minimum absolute atomic E-state index is 0.00343. The van der Waals surface area contributed by atoms with Crippen LogP contribution in [0.15, 0.2) is 53.0 Å². The van der Waals surface area contributed by atoms with Gasteiger partial charge in [0.05, 0.1) is 12.6 Å². The third-order valence-electron chi connectivity index (χ3n) is 4.01. The van der Waals surface area contributed by atoms with Crippen molar-refractivity contribution in [3.05, 3.63) is 58.6 Å². The highest BCUT2D eigenvalue weighted by Crippen LogP contribution is 2.24. The van der Waals surface area contributed by atoms with Gasteiger partial charge in [0, 0.05) is 28.7 Å². The van der Waals surface area contributed by atoms with Crippen LogP contribution in [0.5, 0.6) is 5.75 Å². The number of carbonyl (C=O) groups is 2. The van der Waals surface area contributed by atoms with Gasteiger partial charge in [0.1, 0.15) is 5.75 Å². The highest BCUT2D eigenvalue weighted by molar-refractivity contribution is 9.10. The molecule has 0 aromatic heterocycles. The number of rotatable bonds is 5. The summed E-state index contributed by atoms with van der Waals surface area (Å²) in [6.07, 6.45) is 0.299. The molecule has 1 atom stereocenters. The number of nitrogens with zero attached hydrogens (tertiary/aromatic N) is 1. The van der Waals surface area contributed by atoms with Crippen LogP contribution >= 0.6 is 15.9 Å². The number of halogens is 1. The summed E-state index contributed by atoms with van der Waals surface area (Å²) in [4.78, 5) is 26.3. The molecular formula is C19H19BrN2O3. The first-order chi connectivity index (χ1) is 12.1. The van der Waals surface area contributed by atoms with E-state index in [0.29, 0.717) is 25.1 Å². The summed E-state index contributed by atoms with van der Waals surface area (Å²) >= 11 is 3.36. The Morgan fingerprint density at radius 2 is 2.04 bits per heavy atom. The lowest BCUT2D eigenvalue weighted by Gasteiger charge is -2.18. The van der Waals surface area contributed by atoms with Crippen molar-refractivity contribution < 1.29 is 14.3 Å². The van der Waals surface area contributed by atoms with E-state index >= 15 is 0 Å². The van der Waals surface area contributed by atoms with Crippen LogP contribution < -0.4 is 15.0 Å². The number of anilines is 1. The average molecular weight is 403 g/mol. The Morgan fingerprint density at radius 1 is 1.28 bits per heavy atom. The lowest BCUT2D eigenvalue weighted by Crippen LogP contribution is -2.37. The Morgan fingerprint density at radius 3 is 2.72 bits per heavy atom. The minimum Gasteiger partial charge on any atom is -0.494 e. The van der Waals surface area contributed by atoms with Crippen LogP contribution in [0.4, 0.5) is 5.69 Å². The summed E-state index contributed by atoms with van der Waals surface area (Å²) in [6.45, 7) is 2.99. The van der Waals surface area contributed by atoms with Crippen LogP contribution in [0.2, 0.25) is 0 Å². The summed E-state index contributed by atoms with van der Waals surface area (Å²) in [6, 6.07) is 14.4. The Bertz CT molecular complexity index is 776. The fourth-order valence-electron chi connectivity index (χ4n) is 2.84. The van der Waals surface area contributed by atoms with Gasteiger partial charge in [-0.25, -0.2) is 0 Å². The molecule has 25 heavy (non-hydrogen) atoms. The second kappa shape index (κ2) is 7.70. The van der Waals surface area contributed by atoms with Gasteiger partial charge in [-0.05, 0) is 49.4 Å². The second-order valence-corrected chi connectivity index (χ2v) is 6.73. The van der Waals surface area contributed by atoms with Crippen LogP contribution in [0.3, 0.4) is 0 Å². The lowest BCUT2D eigenvalue weighted by atomic mass is 10.2. The molecule has 0 aliphatic carbocycles. The molecule has 130 valence electrons. The Kier molecular flexibility index (Phi) is 5.38. The smallest absolute Gasteiger partial charge is 0.251 e. The zero-order chi connectivity index (χ0) is 17.8. The normalized spacial score (nSPS) is 16.8. The second-order valence-electron chi connectivity index (χ2n) is 5.82. The van der Waals surface area contributed by atoms with Gasteiger partial charge in [0.25, 0.3) is 5.91 Å². The molecule has 1 heterocycles. The molecule has 5 nitrogen and oxygen atoms in total. The predicted octanol–water partition coefficient (Wildman–Crippen LogP) is 3.38. The highest BCUT2D eigenvalue weighted by atomic mass is 79.9. The molecule has 2 aromatic carbocycles. The lowest BCUT2D eigenvalue weighted by molar-refractivity contribution is -0.117. The Labute approximate surface area is 155 Å². The Balaban J connectivity index is 1.65. The maximum Gasteiger partial charge on any atom is 0.251 e. The number of carbonyl (C=O) groups excluding carboxylic acids is 2. The molecule has 0 unspecified atom stereocenters. The molecule has 2 aromatic rings. The van der Waals surface area contributed by atoms with E-state index in [-0.39, 0.29) is 17.9 Å². The van der Waals surface area contributed by atoms with Crippen molar-refractivity contribution in [2.75, 3.05) is 18.1 Å². The molecular weight excluding hydrogens is 384 g/mol. The van der Waals surface area contributed by atoms with E-state index in [4.69, 9.17) is 4.74 Å². The molecule has 1 N–H and O–H groups in total. The van der Waals surface area contributed by atoms with Crippen LogP contribution in [0.25, 0.3) is 0 Å². The third-order valence-corrected chi connectivity index (χ3v) is 4.50. The molecule has 0 spiro atoms. The fraction of sp³-hybridized carbons (Fsp3) is 0.263. The van der Waals surface area contributed by atoms with E-state index in [2.05, 4.69) is 21.2 Å². The molecule has 0 radical (unpaired) electrons. The van der Waals surface area contributed by atoms with Gasteiger partial charge >= 0.3 is 0 Å². The molecule has 1 fully saturated rings. The molecule has 2 amide bonds. The topological polar surface area (TPSA) is 58.6 Å². The van der Waals surface area contributed by atoms with E-state index in [1.54, 1.807) is 17.0 Å². The summed E-state index contributed by atoms with van der Waals surface area (Å²) in [5.74, 6) is 0.605. The Hall–Kier alpha value is -2.34. The van der Waals surface area contributed by atoms with Crippen LogP contribution in [-0.2, 0) is 4.79 Å². The zero-order valence-corrected chi connectivity index (χ0v) is 15.5. The van der Waals surface area contributed by atoms with E-state index in [0.717, 1.165) is 15.9 Å². The number of ether oxygens (including phenoxy) is 1. The first-order valence-corrected chi connectivity index (χ1v) is 8.96. The van der Waals surface area contributed by atoms with E-state index in [1.807, 2.05) is 43.3 Å². The van der Waals surface area contributed by atoms with Crippen LogP contribution in [0.1, 0.15) is 23.7 Å². The first-order valence-electron chi connectivity index (χ1n) is 8.16. The molecule has 1 saturated heterocycles. The summed E-state index contributed by atoms with van der Waals surface area (Å²) < 4.78 is 6.26. The predicted molar refractivity (Wildman–Crippen MR) is 100.0 cm³/mol. The zero-order valence-electron chi connectivity index (χ0n) is 13.9. The molecule has 0 bridgehead atoms. The van der Waals surface area contributed by atoms with Crippen molar-refractivity contribution in [3.63, 3.8) is 0 Å². The maximum atomic E-state index is 12.3. The summed E-state index contributed by atoms with van der Waals surface area (Å²) in [5.41, 5.74) is 1.38. The molecule has 0 saturated carbocycles. The number of benzene rings is 2. The number of hydrogen-bond acceptors (Lipinski definition) is 3. The monoisotopic (exact) mass is 402 g/mol. The maximum absolute atomic E-state index is 12.3. The quantitative estimate of drug-likeness (QED) is 0.833. The van der Waals surface area contributed by atoms with Crippen molar-refractivity contribution in [3.8, 4) is 5.75 Å². The number of amides is 2. The van der Waals surface area contributed by atoms with E-state index in [1.165, 1.54) is 0 Å². The van der Waals surface area contributed by atoms with Crippen molar-refractivity contribution in [1.29, 1.82) is 0 Å². The van der Waals surface area contributed by atoms with Gasteiger partial charge in [-0.1, -0.05) is 22.0 Å². The van der Waals surface area contributed by atoms with Gasteiger partial charge in [-0.15, -0.1) is 0 Å². The molecule has 3 rings (SSSR count). The van der Waals surface area contributed by atoms with Gasteiger partial charge in [-0.2, -0.15) is 0 Å². The molecule has 1 aliphatic heterocycles. The van der Waals surface area contributed by atoms with Crippen LogP contribution in [0, 0.1) is 0 Å². The van der Waals surface area contributed by atoms with Crippen molar-refractivity contribution in [2.24, 2.45) is 0 Å². The molecule has 6 heteroatoms. The van der Waals surface area contributed by atoms with Gasteiger partial charge in [-0.3, -0.25) is 9.59 Å². The standard InChI is InChI=1S/C19H19BrN2O3/c1-2-25-17-8-6-16(7-9-17)22-12-15(11-18(22)23)21-19(24)13-4-3-5-14(20)10-13/h3-10,15H,2,11-12H2,1H3,(H,21,24)/t15-/m1/s1. The number of hydrogen-bond donors (Lipinski definition) is 1. The first kappa shape index (κ1) is 17.5. The minimum atomic E-state index is -0.203. The fourth-order valence-corrected chi connectivity index (χ4v) is 3.24. The van der Waals surface area contributed by atoms with Gasteiger partial charge in [0.2, 0.25) is 5.91 Å². The van der Waals surface area contributed by atoms with Crippen molar-refractivity contribution in [2.45, 2.75) is 19.4 Å². The van der Waals surface area contributed by atoms with E-state index < -0.39 is 0 Å². The third kappa shape index (κ3) is 4.20. The van der Waals surface area contributed by atoms with Crippen molar-refractivity contribution in [1.82, 2.24) is 5.32 Å². The largest absolute Gasteiger partial charge is 0.494 e. The van der Waals surface area contributed by atoms with Crippen LogP contribution in [-0.4, -0.2) is 31.0 Å². The van der Waals surface area contributed by atoms with Crippen molar-refractivity contribution >= 4 is 33.4 Å². The van der Waals surface area contributed by atoms with E-state index in [9.17, 15) is 9.59 Å². The SMILES string of the molecule is CCOc1ccc(N2C[C@H](NC(=O)c3cccc(Br)c3)CC2=O)cc1. The highest BCUT2D eigenvalue weighted by Gasteiger charge is 2.31. The molecule has 1 aliphatic rings. The summed E-state index contributed by atoms with van der Waals surface area (Å²) in [5, 5.41) is 2.94. The average Bonchev–Trinajstić information content (AvgIpc) is 2.96. The number of nitrogens with one attached hydrogen (secondary N) is 1. The van der Waals surface area contributed by atoms with Gasteiger partial charge < -0.3 is 15.0 Å².